The lowest BCUT2D eigenvalue weighted by Crippen LogP contribution is -2.57. The monoisotopic (exact) mass is 629 g/mol. The van der Waals surface area contributed by atoms with E-state index in [0.29, 0.717) is 17.5 Å². The first-order chi connectivity index (χ1) is 20.9. The number of non-ortho nitro benzene ring substituents is 2. The van der Waals surface area contributed by atoms with Gasteiger partial charge in [0.2, 0.25) is 11.9 Å². The third kappa shape index (κ3) is 7.71. The zero-order valence-corrected chi connectivity index (χ0v) is 24.6. The number of nitro groups is 2. The largest absolute Gasteiger partial charge is 0.445 e. The van der Waals surface area contributed by atoms with Crippen LogP contribution in [0.1, 0.15) is 17.5 Å². The molecule has 2 aliphatic rings. The van der Waals surface area contributed by atoms with Crippen LogP contribution in [0.25, 0.3) is 0 Å². The molecule has 0 aliphatic carbocycles. The molecule has 16 nitrogen and oxygen atoms in total. The van der Waals surface area contributed by atoms with Crippen LogP contribution in [0.5, 0.6) is 0 Å². The van der Waals surface area contributed by atoms with E-state index in [1.54, 1.807) is 9.80 Å². The number of nitrogens with one attached hydrogen (secondary N) is 1. The SMILES string of the molecule is CN(C(=N)N1CCN(C(=O)[C@@H]2C[C@H](S)CN2C(=O)OCc2ccc([N+](=O)[O-])cc2)CC1)C(=O)OCc1ccc([N+](=O)[O-])cc1. The number of guanidine groups is 1. The average Bonchev–Trinajstić information content (AvgIpc) is 3.43. The van der Waals surface area contributed by atoms with E-state index in [1.165, 1.54) is 60.5 Å². The number of likely N-dealkylation sites (tertiary alicyclic amines) is 1. The number of piperazine rings is 1. The molecule has 0 unspecified atom stereocenters. The van der Waals surface area contributed by atoms with Crippen molar-refractivity contribution in [2.45, 2.75) is 30.9 Å². The zero-order valence-electron chi connectivity index (χ0n) is 23.7. The molecule has 2 saturated heterocycles. The number of thiol groups is 1. The van der Waals surface area contributed by atoms with Gasteiger partial charge in [-0.2, -0.15) is 12.6 Å². The van der Waals surface area contributed by atoms with Gasteiger partial charge in [-0.25, -0.2) is 9.59 Å². The highest BCUT2D eigenvalue weighted by atomic mass is 32.1. The maximum absolute atomic E-state index is 13.4. The van der Waals surface area contributed by atoms with Crippen LogP contribution in [0.3, 0.4) is 0 Å². The fourth-order valence-corrected chi connectivity index (χ4v) is 5.17. The summed E-state index contributed by atoms with van der Waals surface area (Å²) < 4.78 is 10.6. The van der Waals surface area contributed by atoms with Gasteiger partial charge in [-0.1, -0.05) is 0 Å². The molecule has 0 saturated carbocycles. The van der Waals surface area contributed by atoms with Gasteiger partial charge in [-0.15, -0.1) is 0 Å². The van der Waals surface area contributed by atoms with Crippen molar-refractivity contribution in [3.05, 3.63) is 79.9 Å². The van der Waals surface area contributed by atoms with Gasteiger partial charge < -0.3 is 19.3 Å². The van der Waals surface area contributed by atoms with Crippen molar-refractivity contribution in [1.29, 1.82) is 5.41 Å². The van der Waals surface area contributed by atoms with Gasteiger partial charge >= 0.3 is 12.2 Å². The average molecular weight is 630 g/mol. The normalized spacial score (nSPS) is 18.0. The summed E-state index contributed by atoms with van der Waals surface area (Å²) in [6.07, 6.45) is -1.12. The fraction of sp³-hybridized carbons (Fsp3) is 0.407. The molecule has 1 N–H and O–H groups in total. The zero-order chi connectivity index (χ0) is 32.0. The minimum atomic E-state index is -0.777. The molecule has 2 atom stereocenters. The minimum Gasteiger partial charge on any atom is -0.445 e. The van der Waals surface area contributed by atoms with Crippen molar-refractivity contribution in [3.63, 3.8) is 0 Å². The van der Waals surface area contributed by atoms with E-state index in [2.05, 4.69) is 12.6 Å². The van der Waals surface area contributed by atoms with Gasteiger partial charge in [0.05, 0.1) is 9.85 Å². The van der Waals surface area contributed by atoms with Gasteiger partial charge in [0, 0.05) is 69.3 Å². The van der Waals surface area contributed by atoms with Gasteiger partial charge in [0.25, 0.3) is 11.4 Å². The van der Waals surface area contributed by atoms with E-state index < -0.39 is 28.1 Å². The Balaban J connectivity index is 1.25. The van der Waals surface area contributed by atoms with Crippen LogP contribution >= 0.6 is 12.6 Å². The Hall–Kier alpha value is -4.93. The second-order valence-electron chi connectivity index (χ2n) is 10.2. The van der Waals surface area contributed by atoms with Crippen LogP contribution in [-0.2, 0) is 27.5 Å². The number of carbonyl (C=O) groups is 3. The van der Waals surface area contributed by atoms with Crippen molar-refractivity contribution in [3.8, 4) is 0 Å². The quantitative estimate of drug-likeness (QED) is 0.151. The summed E-state index contributed by atoms with van der Waals surface area (Å²) in [4.78, 5) is 65.0. The van der Waals surface area contributed by atoms with Crippen LogP contribution in [0.15, 0.2) is 48.5 Å². The fourth-order valence-electron chi connectivity index (χ4n) is 4.80. The highest BCUT2D eigenvalue weighted by molar-refractivity contribution is 7.81. The molecule has 44 heavy (non-hydrogen) atoms. The predicted octanol–water partition coefficient (Wildman–Crippen LogP) is 2.86. The number of nitrogens with zero attached hydrogens (tertiary/aromatic N) is 6. The lowest BCUT2D eigenvalue weighted by molar-refractivity contribution is -0.385. The first kappa shape index (κ1) is 32.0. The number of carbonyl (C=O) groups excluding carboxylic acids is 3. The number of nitro benzene ring substituents is 2. The summed E-state index contributed by atoms with van der Waals surface area (Å²) in [5.41, 5.74) is 0.954. The molecule has 0 spiro atoms. The summed E-state index contributed by atoms with van der Waals surface area (Å²) in [5.74, 6) is -0.380. The molecule has 2 aliphatic heterocycles. The molecular weight excluding hydrogens is 598 g/mol. The highest BCUT2D eigenvalue weighted by Crippen LogP contribution is 2.25. The van der Waals surface area contributed by atoms with E-state index in [-0.39, 0.29) is 74.4 Å². The van der Waals surface area contributed by atoms with Gasteiger partial charge in [-0.05, 0) is 41.8 Å². The first-order valence-corrected chi connectivity index (χ1v) is 14.1. The van der Waals surface area contributed by atoms with Crippen LogP contribution in [0.2, 0.25) is 0 Å². The molecule has 0 radical (unpaired) electrons. The molecule has 2 aromatic carbocycles. The standard InChI is InChI=1S/C27H31N7O9S/c1-29(26(36)42-16-18-2-6-20(7-3-18)33(38)39)25(28)31-12-10-30(11-13-31)24(35)23-14-22(44)15-32(23)27(37)43-17-19-4-8-21(9-5-19)34(40)41/h2-9,22-23,28,44H,10-17H2,1H3/t22-,23-/m0/s1. The number of amides is 3. The number of rotatable bonds is 7. The van der Waals surface area contributed by atoms with Gasteiger partial charge in [0.15, 0.2) is 0 Å². The van der Waals surface area contributed by atoms with Crippen LogP contribution < -0.4 is 0 Å². The third-order valence-electron chi connectivity index (χ3n) is 7.30. The first-order valence-electron chi connectivity index (χ1n) is 13.6. The minimum absolute atomic E-state index is 0.0790. The van der Waals surface area contributed by atoms with Crippen LogP contribution in [0.4, 0.5) is 21.0 Å². The number of ether oxygens (including phenoxy) is 2. The second kappa shape index (κ2) is 14.0. The third-order valence-corrected chi connectivity index (χ3v) is 7.67. The Kier molecular flexibility index (Phi) is 10.2. The number of benzene rings is 2. The molecule has 0 aromatic heterocycles. The molecule has 17 heteroatoms. The van der Waals surface area contributed by atoms with E-state index >= 15 is 0 Å². The molecule has 0 bridgehead atoms. The van der Waals surface area contributed by atoms with Gasteiger partial charge in [-0.3, -0.25) is 40.2 Å². The Morgan fingerprint density at radius 2 is 1.36 bits per heavy atom. The van der Waals surface area contributed by atoms with Crippen LogP contribution in [-0.4, -0.2) is 105 Å². The topological polar surface area (TPSA) is 193 Å². The van der Waals surface area contributed by atoms with E-state index in [9.17, 15) is 34.6 Å². The molecular formula is C27H31N7O9S. The summed E-state index contributed by atoms with van der Waals surface area (Å²) in [6, 6.07) is 10.4. The summed E-state index contributed by atoms with van der Waals surface area (Å²) in [5, 5.41) is 29.8. The molecule has 2 heterocycles. The van der Waals surface area contributed by atoms with E-state index in [4.69, 9.17) is 14.9 Å². The van der Waals surface area contributed by atoms with Crippen molar-refractivity contribution < 1.29 is 33.7 Å². The molecule has 2 fully saturated rings. The highest BCUT2D eigenvalue weighted by Gasteiger charge is 2.42. The number of hydrogen-bond donors (Lipinski definition) is 2. The van der Waals surface area contributed by atoms with Crippen molar-refractivity contribution in [2.24, 2.45) is 0 Å². The van der Waals surface area contributed by atoms with Crippen molar-refractivity contribution in [2.75, 3.05) is 39.8 Å². The maximum Gasteiger partial charge on any atom is 0.416 e. The predicted molar refractivity (Wildman–Crippen MR) is 158 cm³/mol. The van der Waals surface area contributed by atoms with E-state index in [0.717, 1.165) is 4.90 Å². The smallest absolute Gasteiger partial charge is 0.416 e. The molecule has 3 amide bonds. The van der Waals surface area contributed by atoms with Crippen molar-refractivity contribution >= 4 is 48.1 Å². The van der Waals surface area contributed by atoms with Crippen molar-refractivity contribution in [1.82, 2.24) is 19.6 Å². The molecule has 2 aromatic rings. The Bertz CT molecular complexity index is 1420. The summed E-state index contributed by atoms with van der Waals surface area (Å²) >= 11 is 4.47. The summed E-state index contributed by atoms with van der Waals surface area (Å²) in [6.45, 7) is 1.03. The lowest BCUT2D eigenvalue weighted by Gasteiger charge is -2.39. The van der Waals surface area contributed by atoms with Crippen LogP contribution in [0, 0.1) is 25.6 Å². The summed E-state index contributed by atoms with van der Waals surface area (Å²) in [7, 11) is 1.39. The maximum atomic E-state index is 13.4. The molecule has 4 rings (SSSR count). The van der Waals surface area contributed by atoms with Gasteiger partial charge in [0.1, 0.15) is 19.3 Å². The second-order valence-corrected chi connectivity index (χ2v) is 10.9. The van der Waals surface area contributed by atoms with E-state index in [1.807, 2.05) is 0 Å². The Labute approximate surface area is 257 Å². The Morgan fingerprint density at radius 3 is 1.86 bits per heavy atom. The Morgan fingerprint density at radius 1 is 0.886 bits per heavy atom. The number of hydrogen-bond acceptors (Lipinski definition) is 11. The lowest BCUT2D eigenvalue weighted by atomic mass is 10.1. The molecule has 234 valence electrons.